The Balaban J connectivity index is 1.73. The van der Waals surface area contributed by atoms with Gasteiger partial charge in [0, 0.05) is 17.3 Å². The molecule has 0 unspecified atom stereocenters. The molecule has 0 aliphatic heterocycles. The Morgan fingerprint density at radius 1 is 1.10 bits per heavy atom. The van der Waals surface area contributed by atoms with Crippen molar-refractivity contribution in [3.8, 4) is 0 Å². The average Bonchev–Trinajstić information content (AvgIpc) is 2.95. The quantitative estimate of drug-likeness (QED) is 0.842. The van der Waals surface area contributed by atoms with Crippen molar-refractivity contribution < 1.29 is 0 Å². The highest BCUT2D eigenvalue weighted by Crippen LogP contribution is 2.28. The lowest BCUT2D eigenvalue weighted by Gasteiger charge is -2.13. The van der Waals surface area contributed by atoms with Crippen LogP contribution in [0.2, 0.25) is 10.0 Å². The van der Waals surface area contributed by atoms with E-state index in [1.807, 2.05) is 12.1 Å². The summed E-state index contributed by atoms with van der Waals surface area (Å²) in [7, 11) is 0. The Labute approximate surface area is 133 Å². The maximum Gasteiger partial charge on any atom is 0.224 e. The number of rotatable bonds is 4. The summed E-state index contributed by atoms with van der Waals surface area (Å²) in [6, 6.07) is 7.61. The molecule has 0 atom stereocenters. The van der Waals surface area contributed by atoms with Crippen LogP contribution in [0.15, 0.2) is 30.5 Å². The Bertz CT molecular complexity index is 627. The van der Waals surface area contributed by atoms with E-state index in [2.05, 4.69) is 20.6 Å². The van der Waals surface area contributed by atoms with Gasteiger partial charge in [-0.15, -0.1) is 0 Å². The lowest BCUT2D eigenvalue weighted by molar-refractivity contribution is 0.744. The van der Waals surface area contributed by atoms with Crippen molar-refractivity contribution >= 4 is 40.7 Å². The highest BCUT2D eigenvalue weighted by molar-refractivity contribution is 6.36. The molecule has 1 aromatic carbocycles. The predicted octanol–water partition coefficient (Wildman–Crippen LogP) is 4.88. The second-order valence-electron chi connectivity index (χ2n) is 5.14. The molecule has 3 rings (SSSR count). The van der Waals surface area contributed by atoms with Gasteiger partial charge in [-0.3, -0.25) is 0 Å². The van der Waals surface area contributed by atoms with Gasteiger partial charge < -0.3 is 10.6 Å². The lowest BCUT2D eigenvalue weighted by atomic mass is 10.2. The summed E-state index contributed by atoms with van der Waals surface area (Å²) in [6.45, 7) is 0. The van der Waals surface area contributed by atoms with Gasteiger partial charge in [0.25, 0.3) is 0 Å². The van der Waals surface area contributed by atoms with E-state index in [4.69, 9.17) is 23.2 Å². The molecule has 1 aliphatic carbocycles. The molecular weight excluding hydrogens is 307 g/mol. The number of anilines is 3. The molecule has 110 valence electrons. The fourth-order valence-corrected chi connectivity index (χ4v) is 2.94. The third-order valence-corrected chi connectivity index (χ3v) is 4.09. The van der Waals surface area contributed by atoms with Crippen LogP contribution in [0.3, 0.4) is 0 Å². The number of nitrogens with zero attached hydrogens (tertiary/aromatic N) is 2. The highest BCUT2D eigenvalue weighted by Gasteiger charge is 2.15. The number of hydrogen-bond acceptors (Lipinski definition) is 4. The Kier molecular flexibility index (Phi) is 4.46. The molecular formula is C15H16Cl2N4. The maximum atomic E-state index is 6.15. The second-order valence-corrected chi connectivity index (χ2v) is 5.98. The molecule has 0 bridgehead atoms. The van der Waals surface area contributed by atoms with Crippen LogP contribution in [0, 0.1) is 0 Å². The van der Waals surface area contributed by atoms with Gasteiger partial charge in [0.05, 0.1) is 10.7 Å². The monoisotopic (exact) mass is 322 g/mol. The van der Waals surface area contributed by atoms with Gasteiger partial charge in [-0.05, 0) is 37.1 Å². The van der Waals surface area contributed by atoms with Crippen LogP contribution < -0.4 is 10.6 Å². The zero-order chi connectivity index (χ0) is 14.7. The first-order valence-electron chi connectivity index (χ1n) is 7.02. The molecule has 1 heterocycles. The minimum Gasteiger partial charge on any atom is -0.351 e. The van der Waals surface area contributed by atoms with Crippen LogP contribution in [-0.2, 0) is 0 Å². The number of nitrogens with one attached hydrogen (secondary N) is 2. The van der Waals surface area contributed by atoms with Crippen LogP contribution in [0.1, 0.15) is 25.7 Å². The van der Waals surface area contributed by atoms with E-state index < -0.39 is 0 Å². The number of aromatic nitrogens is 2. The molecule has 1 aromatic heterocycles. The summed E-state index contributed by atoms with van der Waals surface area (Å²) < 4.78 is 0. The molecule has 0 radical (unpaired) electrons. The molecule has 21 heavy (non-hydrogen) atoms. The molecule has 0 saturated heterocycles. The fourth-order valence-electron chi connectivity index (χ4n) is 2.48. The van der Waals surface area contributed by atoms with Gasteiger partial charge in [0.15, 0.2) is 0 Å². The van der Waals surface area contributed by atoms with Crippen molar-refractivity contribution in [3.63, 3.8) is 0 Å². The molecule has 1 fully saturated rings. The van der Waals surface area contributed by atoms with E-state index in [1.165, 1.54) is 25.7 Å². The maximum absolute atomic E-state index is 6.15. The van der Waals surface area contributed by atoms with Crippen molar-refractivity contribution in [3.05, 3.63) is 40.5 Å². The van der Waals surface area contributed by atoms with Gasteiger partial charge in [-0.2, -0.15) is 4.98 Å². The Morgan fingerprint density at radius 2 is 1.90 bits per heavy atom. The summed E-state index contributed by atoms with van der Waals surface area (Å²) >= 11 is 12.0. The molecule has 2 aromatic rings. The summed E-state index contributed by atoms with van der Waals surface area (Å²) in [5, 5.41) is 7.73. The van der Waals surface area contributed by atoms with E-state index in [1.54, 1.807) is 18.3 Å². The largest absolute Gasteiger partial charge is 0.351 e. The zero-order valence-electron chi connectivity index (χ0n) is 11.4. The van der Waals surface area contributed by atoms with E-state index in [-0.39, 0.29) is 0 Å². The molecule has 1 aliphatic rings. The fraction of sp³-hybridized carbons (Fsp3) is 0.333. The molecule has 0 spiro atoms. The van der Waals surface area contributed by atoms with E-state index in [0.29, 0.717) is 27.9 Å². The second kappa shape index (κ2) is 6.50. The number of benzene rings is 1. The minimum absolute atomic E-state index is 0.486. The zero-order valence-corrected chi connectivity index (χ0v) is 13.0. The highest BCUT2D eigenvalue weighted by atomic mass is 35.5. The smallest absolute Gasteiger partial charge is 0.224 e. The van der Waals surface area contributed by atoms with Gasteiger partial charge in [-0.1, -0.05) is 36.0 Å². The standard InChI is InChI=1S/C15H16Cl2N4/c16-10-5-6-13(12(17)9-10)20-14-7-8-18-15(21-14)19-11-3-1-2-4-11/h5-9,11H,1-4H2,(H2,18,19,20,21). The number of hydrogen-bond donors (Lipinski definition) is 2. The molecule has 1 saturated carbocycles. The van der Waals surface area contributed by atoms with Gasteiger partial charge in [0.1, 0.15) is 5.82 Å². The van der Waals surface area contributed by atoms with E-state index in [0.717, 1.165) is 5.69 Å². The first-order valence-corrected chi connectivity index (χ1v) is 7.78. The summed E-state index contributed by atoms with van der Waals surface area (Å²) in [5.41, 5.74) is 0.770. The van der Waals surface area contributed by atoms with Gasteiger partial charge in [0.2, 0.25) is 5.95 Å². The Hall–Kier alpha value is -1.52. The van der Waals surface area contributed by atoms with Crippen molar-refractivity contribution in [2.24, 2.45) is 0 Å². The van der Waals surface area contributed by atoms with Crippen molar-refractivity contribution in [1.82, 2.24) is 9.97 Å². The van der Waals surface area contributed by atoms with Crippen LogP contribution in [0.5, 0.6) is 0 Å². The first kappa shape index (κ1) is 14.4. The average molecular weight is 323 g/mol. The summed E-state index contributed by atoms with van der Waals surface area (Å²) in [4.78, 5) is 8.73. The molecule has 4 nitrogen and oxygen atoms in total. The van der Waals surface area contributed by atoms with E-state index >= 15 is 0 Å². The van der Waals surface area contributed by atoms with Crippen molar-refractivity contribution in [2.45, 2.75) is 31.7 Å². The van der Waals surface area contributed by atoms with Gasteiger partial charge >= 0.3 is 0 Å². The summed E-state index contributed by atoms with van der Waals surface area (Å²) in [6.07, 6.45) is 6.65. The van der Waals surface area contributed by atoms with Crippen LogP contribution >= 0.6 is 23.2 Å². The minimum atomic E-state index is 0.486. The first-order chi connectivity index (χ1) is 10.2. The normalized spacial score (nSPS) is 15.1. The van der Waals surface area contributed by atoms with Crippen LogP contribution in [-0.4, -0.2) is 16.0 Å². The van der Waals surface area contributed by atoms with Crippen molar-refractivity contribution in [1.29, 1.82) is 0 Å². The van der Waals surface area contributed by atoms with Crippen LogP contribution in [0.4, 0.5) is 17.5 Å². The molecule has 2 N–H and O–H groups in total. The number of halogens is 2. The van der Waals surface area contributed by atoms with Gasteiger partial charge in [-0.25, -0.2) is 4.98 Å². The Morgan fingerprint density at radius 3 is 2.67 bits per heavy atom. The topological polar surface area (TPSA) is 49.8 Å². The molecule has 6 heteroatoms. The van der Waals surface area contributed by atoms with Crippen molar-refractivity contribution in [2.75, 3.05) is 10.6 Å². The summed E-state index contributed by atoms with van der Waals surface area (Å²) in [5.74, 6) is 1.35. The third kappa shape index (κ3) is 3.77. The lowest BCUT2D eigenvalue weighted by Crippen LogP contribution is -2.16. The predicted molar refractivity (Wildman–Crippen MR) is 87.7 cm³/mol. The van der Waals surface area contributed by atoms with E-state index in [9.17, 15) is 0 Å². The molecule has 0 amide bonds. The third-order valence-electron chi connectivity index (χ3n) is 3.54. The SMILES string of the molecule is Clc1ccc(Nc2ccnc(NC3CCCC3)n2)c(Cl)c1. The van der Waals surface area contributed by atoms with Crippen LogP contribution in [0.25, 0.3) is 0 Å².